The number of hydrogen-bond acceptors (Lipinski definition) is 9. The number of rotatable bonds is 7. The van der Waals surface area contributed by atoms with E-state index >= 15 is 4.39 Å². The average molecular weight is 609 g/mol. The van der Waals surface area contributed by atoms with Gasteiger partial charge >= 0.3 is 12.0 Å². The van der Waals surface area contributed by atoms with Gasteiger partial charge in [-0.25, -0.2) is 29.1 Å². The minimum absolute atomic E-state index is 0.0119. The summed E-state index contributed by atoms with van der Waals surface area (Å²) >= 11 is 0. The average Bonchev–Trinajstić information content (AvgIpc) is 3.06. The monoisotopic (exact) mass is 608 g/mol. The number of morpholine rings is 1. The van der Waals surface area contributed by atoms with E-state index in [0.717, 1.165) is 22.3 Å². The van der Waals surface area contributed by atoms with Crippen molar-refractivity contribution < 1.29 is 23.5 Å². The molecule has 1 aliphatic rings. The number of carbonyl (C=O) groups excluding carboxylic acids is 2. The highest BCUT2D eigenvalue weighted by molar-refractivity contribution is 6.00. The maximum atomic E-state index is 15.3. The summed E-state index contributed by atoms with van der Waals surface area (Å²) in [4.78, 5) is 44.0. The second-order valence-electron chi connectivity index (χ2n) is 10.2. The maximum absolute atomic E-state index is 15.3. The maximum Gasteiger partial charge on any atom is 0.323 e. The Hall–Kier alpha value is -5.69. The number of nitrogens with one attached hydrogen (secondary N) is 3. The highest BCUT2D eigenvalue weighted by Crippen LogP contribution is 2.32. The molecule has 1 fully saturated rings. The normalized spacial score (nSPS) is 12.9. The van der Waals surface area contributed by atoms with Crippen LogP contribution in [0.3, 0.4) is 0 Å². The molecule has 3 N–H and O–H groups in total. The van der Waals surface area contributed by atoms with E-state index < -0.39 is 11.8 Å². The minimum Gasteiger partial charge on any atom is -0.467 e. The van der Waals surface area contributed by atoms with Crippen molar-refractivity contribution in [1.82, 2.24) is 19.9 Å². The van der Waals surface area contributed by atoms with Crippen molar-refractivity contribution >= 4 is 45.7 Å². The molecule has 0 radical (unpaired) electrons. The predicted molar refractivity (Wildman–Crippen MR) is 169 cm³/mol. The number of nitrogens with zero attached hydrogens (tertiary/aromatic N) is 5. The van der Waals surface area contributed by atoms with E-state index in [9.17, 15) is 9.59 Å². The third-order valence-corrected chi connectivity index (χ3v) is 7.07. The highest BCUT2D eigenvalue weighted by atomic mass is 19.1. The van der Waals surface area contributed by atoms with Gasteiger partial charge in [0.2, 0.25) is 5.91 Å². The molecule has 5 aromatic rings. The number of methoxy groups -OCH3 is 1. The van der Waals surface area contributed by atoms with E-state index in [4.69, 9.17) is 19.4 Å². The highest BCUT2D eigenvalue weighted by Gasteiger charge is 2.20. The number of anilines is 4. The van der Waals surface area contributed by atoms with Crippen LogP contribution in [0.1, 0.15) is 6.92 Å². The summed E-state index contributed by atoms with van der Waals surface area (Å²) in [5, 5.41) is 8.68. The topological polar surface area (TPSA) is 143 Å². The van der Waals surface area contributed by atoms with Crippen LogP contribution in [0.15, 0.2) is 73.1 Å². The molecule has 0 saturated carbocycles. The van der Waals surface area contributed by atoms with Gasteiger partial charge in [0.1, 0.15) is 11.6 Å². The summed E-state index contributed by atoms with van der Waals surface area (Å²) in [6.07, 6.45) is 3.35. The van der Waals surface area contributed by atoms with Crippen LogP contribution in [-0.4, -0.2) is 65.3 Å². The van der Waals surface area contributed by atoms with E-state index in [1.807, 2.05) is 18.2 Å². The van der Waals surface area contributed by atoms with Crippen molar-refractivity contribution in [2.45, 2.75) is 6.92 Å². The van der Waals surface area contributed by atoms with Crippen LogP contribution in [0.5, 0.6) is 6.01 Å². The summed E-state index contributed by atoms with van der Waals surface area (Å²) in [7, 11) is 1.51. The van der Waals surface area contributed by atoms with Crippen molar-refractivity contribution in [1.29, 1.82) is 0 Å². The number of ether oxygens (including phenoxy) is 2. The first-order valence-corrected chi connectivity index (χ1v) is 14.1. The number of halogens is 1. The number of fused-ring (bicyclic) bond motifs is 1. The van der Waals surface area contributed by atoms with E-state index in [-0.39, 0.29) is 17.6 Å². The van der Waals surface area contributed by atoms with Gasteiger partial charge in [0.15, 0.2) is 5.82 Å². The fraction of sp³-hybridized carbons (Fsp3) is 0.188. The zero-order chi connectivity index (χ0) is 31.3. The number of urea groups is 1. The molecule has 0 unspecified atom stereocenters. The summed E-state index contributed by atoms with van der Waals surface area (Å²) in [6.45, 7) is 3.85. The summed E-state index contributed by atoms with van der Waals surface area (Å²) in [6, 6.07) is 16.5. The van der Waals surface area contributed by atoms with Crippen molar-refractivity contribution in [2.24, 2.45) is 0 Å². The molecule has 1 aliphatic heterocycles. The Balaban J connectivity index is 1.28. The van der Waals surface area contributed by atoms with Crippen LogP contribution in [0.25, 0.3) is 33.4 Å². The molecule has 0 spiro atoms. The zero-order valence-electron chi connectivity index (χ0n) is 24.5. The summed E-state index contributed by atoms with van der Waals surface area (Å²) in [5.74, 6) is 0.209. The van der Waals surface area contributed by atoms with E-state index in [0.29, 0.717) is 54.6 Å². The first kappa shape index (κ1) is 29.4. The molecule has 45 heavy (non-hydrogen) atoms. The quantitative estimate of drug-likeness (QED) is 0.223. The molecule has 6 rings (SSSR count). The van der Waals surface area contributed by atoms with Gasteiger partial charge in [-0.1, -0.05) is 6.07 Å². The van der Waals surface area contributed by atoms with Crippen molar-refractivity contribution in [2.75, 3.05) is 54.3 Å². The molecule has 0 aliphatic carbocycles. The van der Waals surface area contributed by atoms with Gasteiger partial charge in [-0.05, 0) is 60.2 Å². The lowest BCUT2D eigenvalue weighted by atomic mass is 10.1. The lowest BCUT2D eigenvalue weighted by Gasteiger charge is -2.29. The molecule has 228 valence electrons. The Morgan fingerprint density at radius 2 is 1.53 bits per heavy atom. The third kappa shape index (κ3) is 6.78. The predicted octanol–water partition coefficient (Wildman–Crippen LogP) is 5.34. The molecule has 3 amide bonds. The van der Waals surface area contributed by atoms with Crippen LogP contribution in [0, 0.1) is 5.82 Å². The van der Waals surface area contributed by atoms with Crippen LogP contribution >= 0.6 is 0 Å². The van der Waals surface area contributed by atoms with E-state index in [2.05, 4.69) is 30.8 Å². The Bertz CT molecular complexity index is 1860. The van der Waals surface area contributed by atoms with Crippen molar-refractivity contribution in [3.63, 3.8) is 0 Å². The second kappa shape index (κ2) is 12.9. The van der Waals surface area contributed by atoms with E-state index in [1.165, 1.54) is 26.2 Å². The van der Waals surface area contributed by atoms with Crippen LogP contribution in [-0.2, 0) is 9.53 Å². The zero-order valence-corrected chi connectivity index (χ0v) is 24.5. The lowest BCUT2D eigenvalue weighted by Crippen LogP contribution is -2.37. The number of hydrogen-bond donors (Lipinski definition) is 3. The molecule has 3 heterocycles. The number of aromatic nitrogens is 4. The van der Waals surface area contributed by atoms with Gasteiger partial charge in [0, 0.05) is 60.3 Å². The molecule has 1 saturated heterocycles. The first-order valence-electron chi connectivity index (χ1n) is 14.1. The molecule has 3 aromatic carbocycles. The van der Waals surface area contributed by atoms with Gasteiger partial charge in [0.25, 0.3) is 0 Å². The minimum atomic E-state index is -0.649. The first-order chi connectivity index (χ1) is 21.9. The third-order valence-electron chi connectivity index (χ3n) is 7.07. The largest absolute Gasteiger partial charge is 0.467 e. The Labute approximate surface area is 257 Å². The number of carbonyl (C=O) groups is 2. The fourth-order valence-corrected chi connectivity index (χ4v) is 4.89. The second-order valence-corrected chi connectivity index (χ2v) is 10.2. The van der Waals surface area contributed by atoms with E-state index in [1.54, 1.807) is 42.7 Å². The summed E-state index contributed by atoms with van der Waals surface area (Å²) in [5.41, 5.74) is 3.80. The summed E-state index contributed by atoms with van der Waals surface area (Å²) < 4.78 is 26.0. The molecule has 0 atom stereocenters. The van der Waals surface area contributed by atoms with Crippen molar-refractivity contribution in [3.05, 3.63) is 78.9 Å². The lowest BCUT2D eigenvalue weighted by molar-refractivity contribution is -0.114. The molecular formula is C32H29FN8O4. The smallest absolute Gasteiger partial charge is 0.323 e. The van der Waals surface area contributed by atoms with Crippen LogP contribution < -0.4 is 25.6 Å². The Morgan fingerprint density at radius 1 is 0.844 bits per heavy atom. The Kier molecular flexibility index (Phi) is 8.42. The van der Waals surface area contributed by atoms with Crippen LogP contribution in [0.2, 0.25) is 0 Å². The SMILES string of the molecule is COc1ncc(-c2ccc3c(N4CCOCC4)nc(-c4ccc(NC(=O)Nc5ccc(NC(C)=O)cc5)c(F)c4)nc3c2)cn1. The number of benzene rings is 3. The van der Waals surface area contributed by atoms with Gasteiger partial charge in [-0.15, -0.1) is 0 Å². The van der Waals surface area contributed by atoms with Gasteiger partial charge in [0.05, 0.1) is 31.5 Å². The molecule has 13 heteroatoms. The fourth-order valence-electron chi connectivity index (χ4n) is 4.89. The van der Waals surface area contributed by atoms with Gasteiger partial charge in [-0.3, -0.25) is 4.79 Å². The van der Waals surface area contributed by atoms with Crippen molar-refractivity contribution in [3.8, 4) is 28.5 Å². The standard InChI is InChI=1S/C32H29FN8O4/c1-19(42)36-23-5-7-24(8-6-23)37-31(43)39-27-10-4-21(15-26(27)33)29-38-28-16-20(22-17-34-32(44-2)35-18-22)3-9-25(28)30(40-29)41-11-13-45-14-12-41/h3-10,15-18H,11-14H2,1-2H3,(H,36,42)(H2,37,39,43). The van der Waals surface area contributed by atoms with Gasteiger partial charge < -0.3 is 30.3 Å². The molecule has 2 aromatic heterocycles. The molecular weight excluding hydrogens is 579 g/mol. The molecule has 0 bridgehead atoms. The van der Waals surface area contributed by atoms with Crippen LogP contribution in [0.4, 0.5) is 32.1 Å². The Morgan fingerprint density at radius 3 is 2.20 bits per heavy atom. The number of amides is 3. The van der Waals surface area contributed by atoms with Gasteiger partial charge in [-0.2, -0.15) is 0 Å². The molecule has 12 nitrogen and oxygen atoms in total.